The van der Waals surface area contributed by atoms with Crippen molar-refractivity contribution in [3.63, 3.8) is 0 Å². The molecule has 2 aromatic rings. The first-order valence-corrected chi connectivity index (χ1v) is 6.92. The van der Waals surface area contributed by atoms with Crippen LogP contribution >= 0.6 is 0 Å². The second-order valence-electron chi connectivity index (χ2n) is 4.05. The Morgan fingerprint density at radius 1 is 1.06 bits per heavy atom. The van der Waals surface area contributed by atoms with Gasteiger partial charge in [-0.15, -0.1) is 4.40 Å². The Morgan fingerprint density at radius 2 is 1.72 bits per heavy atom. The molecule has 0 bridgehead atoms. The molecule has 0 radical (unpaired) electrons. The zero-order valence-electron chi connectivity index (χ0n) is 10.2. The van der Waals surface area contributed by atoms with Crippen LogP contribution in [0.25, 0.3) is 0 Å². The van der Waals surface area contributed by atoms with Gasteiger partial charge in [-0.05, 0) is 31.2 Å². The van der Waals surface area contributed by atoms with Crippen molar-refractivity contribution in [3.8, 4) is 0 Å². The molecule has 4 nitrogen and oxygen atoms in total. The third kappa shape index (κ3) is 2.68. The molecular weight excluding hydrogens is 248 g/mol. The van der Waals surface area contributed by atoms with E-state index in [-0.39, 0.29) is 4.90 Å². The minimum absolute atomic E-state index is 0.206. The first kappa shape index (κ1) is 12.6. The maximum atomic E-state index is 12.1. The van der Waals surface area contributed by atoms with Crippen LogP contribution in [0.1, 0.15) is 5.56 Å². The summed E-state index contributed by atoms with van der Waals surface area (Å²) in [6.45, 7) is 1.91. The zero-order chi connectivity index (χ0) is 13.2. The summed E-state index contributed by atoms with van der Waals surface area (Å²) in [6, 6.07) is 11.9. The molecular formula is C13H14N2O2S. The minimum atomic E-state index is -3.65. The third-order valence-corrected chi connectivity index (χ3v) is 3.86. The first-order valence-electron chi connectivity index (χ1n) is 5.48. The second kappa shape index (κ2) is 4.78. The Bertz CT molecular complexity index is 713. The minimum Gasteiger partial charge on any atom is -0.335 e. The lowest BCUT2D eigenvalue weighted by Crippen LogP contribution is -2.18. The molecule has 0 saturated heterocycles. The van der Waals surface area contributed by atoms with Gasteiger partial charge in [0.1, 0.15) is 5.49 Å². The topological polar surface area (TPSA) is 51.4 Å². The summed E-state index contributed by atoms with van der Waals surface area (Å²) in [5.74, 6) is 0. The largest absolute Gasteiger partial charge is 0.335 e. The van der Waals surface area contributed by atoms with Gasteiger partial charge in [-0.25, -0.2) is 0 Å². The summed E-state index contributed by atoms with van der Waals surface area (Å²) in [5.41, 5.74) is 1.41. The Morgan fingerprint density at radius 3 is 2.33 bits per heavy atom. The van der Waals surface area contributed by atoms with Crippen LogP contribution < -0.4 is 5.49 Å². The number of hydrogen-bond acceptors (Lipinski definition) is 2. The summed E-state index contributed by atoms with van der Waals surface area (Å²) in [6.07, 6.45) is 1.75. The number of benzene rings is 1. The fraction of sp³-hybridized carbons (Fsp3) is 0.154. The van der Waals surface area contributed by atoms with Gasteiger partial charge >= 0.3 is 0 Å². The first-order chi connectivity index (χ1) is 8.49. The molecule has 0 amide bonds. The van der Waals surface area contributed by atoms with Crippen LogP contribution in [0.15, 0.2) is 58.0 Å². The molecule has 0 aliphatic rings. The maximum Gasteiger partial charge on any atom is 0.284 e. The number of sulfonamides is 1. The van der Waals surface area contributed by atoms with Crippen molar-refractivity contribution < 1.29 is 8.42 Å². The summed E-state index contributed by atoms with van der Waals surface area (Å²) >= 11 is 0. The van der Waals surface area contributed by atoms with E-state index in [1.807, 2.05) is 13.0 Å². The standard InChI is InChI=1S/C13H14N2O2S/c1-11-6-8-12(9-7-11)18(16,17)14-13-5-3-4-10-15(13)2/h3-10H,1-2H3. The molecule has 5 heteroatoms. The van der Waals surface area contributed by atoms with E-state index >= 15 is 0 Å². The molecule has 0 aliphatic carbocycles. The van der Waals surface area contributed by atoms with Gasteiger partial charge < -0.3 is 4.57 Å². The Labute approximate surface area is 106 Å². The van der Waals surface area contributed by atoms with Gasteiger partial charge in [-0.2, -0.15) is 8.42 Å². The van der Waals surface area contributed by atoms with Crippen LogP contribution in [0.4, 0.5) is 0 Å². The molecule has 18 heavy (non-hydrogen) atoms. The van der Waals surface area contributed by atoms with E-state index in [0.717, 1.165) is 5.56 Å². The highest BCUT2D eigenvalue weighted by atomic mass is 32.2. The van der Waals surface area contributed by atoms with E-state index in [2.05, 4.69) is 4.40 Å². The molecule has 0 fully saturated rings. The molecule has 0 atom stereocenters. The zero-order valence-corrected chi connectivity index (χ0v) is 11.1. The number of hydrogen-bond donors (Lipinski definition) is 0. The average molecular weight is 262 g/mol. The summed E-state index contributed by atoms with van der Waals surface area (Å²) in [7, 11) is -1.89. The number of rotatable bonds is 2. The van der Waals surface area contributed by atoms with Gasteiger partial charge in [-0.3, -0.25) is 0 Å². The Hall–Kier alpha value is -1.88. The molecule has 0 spiro atoms. The van der Waals surface area contributed by atoms with E-state index in [9.17, 15) is 8.42 Å². The van der Waals surface area contributed by atoms with E-state index in [0.29, 0.717) is 5.49 Å². The summed E-state index contributed by atoms with van der Waals surface area (Å²) in [5, 5.41) is 0. The molecule has 0 unspecified atom stereocenters. The highest BCUT2D eigenvalue weighted by molar-refractivity contribution is 7.90. The molecule has 0 aliphatic heterocycles. The van der Waals surface area contributed by atoms with E-state index in [4.69, 9.17) is 0 Å². The highest BCUT2D eigenvalue weighted by Gasteiger charge is 2.11. The molecule has 1 aromatic heterocycles. The monoisotopic (exact) mass is 262 g/mol. The molecule has 94 valence electrons. The van der Waals surface area contributed by atoms with E-state index in [1.54, 1.807) is 54.2 Å². The smallest absolute Gasteiger partial charge is 0.284 e. The molecule has 1 aromatic carbocycles. The third-order valence-electron chi connectivity index (χ3n) is 2.56. The Kier molecular flexibility index (Phi) is 3.34. The molecule has 0 saturated carbocycles. The average Bonchev–Trinajstić information content (AvgIpc) is 2.32. The van der Waals surface area contributed by atoms with E-state index < -0.39 is 10.0 Å². The van der Waals surface area contributed by atoms with Crippen molar-refractivity contribution >= 4 is 10.0 Å². The van der Waals surface area contributed by atoms with Crippen LogP contribution in [-0.2, 0) is 17.1 Å². The summed E-state index contributed by atoms with van der Waals surface area (Å²) in [4.78, 5) is 0.206. The molecule has 0 N–H and O–H groups in total. The van der Waals surface area contributed by atoms with Crippen LogP contribution in [0, 0.1) is 6.92 Å². The normalized spacial score (nSPS) is 12.7. The van der Waals surface area contributed by atoms with Crippen molar-refractivity contribution in [1.29, 1.82) is 0 Å². The van der Waals surface area contributed by atoms with Crippen LogP contribution in [0.2, 0.25) is 0 Å². The fourth-order valence-electron chi connectivity index (χ4n) is 1.50. The lowest BCUT2D eigenvalue weighted by molar-refractivity contribution is 0.595. The van der Waals surface area contributed by atoms with Crippen LogP contribution in [0.3, 0.4) is 0 Å². The van der Waals surface area contributed by atoms with Crippen molar-refractivity contribution in [2.45, 2.75) is 11.8 Å². The Balaban J connectivity index is 2.55. The number of nitrogens with zero attached hydrogens (tertiary/aromatic N) is 2. The van der Waals surface area contributed by atoms with Gasteiger partial charge in [0.25, 0.3) is 10.0 Å². The van der Waals surface area contributed by atoms with Gasteiger partial charge in [0.05, 0.1) is 4.90 Å². The van der Waals surface area contributed by atoms with Gasteiger partial charge in [0.15, 0.2) is 0 Å². The van der Waals surface area contributed by atoms with Gasteiger partial charge in [-0.1, -0.05) is 23.8 Å². The molecule has 1 heterocycles. The van der Waals surface area contributed by atoms with Crippen molar-refractivity contribution in [3.05, 3.63) is 59.7 Å². The lowest BCUT2D eigenvalue weighted by Gasteiger charge is -2.01. The predicted octanol–water partition coefficient (Wildman–Crippen LogP) is 1.62. The number of pyridine rings is 1. The number of aryl methyl sites for hydroxylation is 2. The number of aromatic nitrogens is 1. The van der Waals surface area contributed by atoms with Crippen LogP contribution in [-0.4, -0.2) is 13.0 Å². The summed E-state index contributed by atoms with van der Waals surface area (Å²) < 4.78 is 29.7. The quantitative estimate of drug-likeness (QED) is 0.826. The SMILES string of the molecule is Cc1ccc(S(=O)(=O)N=c2ccccn2C)cc1. The second-order valence-corrected chi connectivity index (χ2v) is 5.65. The van der Waals surface area contributed by atoms with Crippen molar-refractivity contribution in [2.75, 3.05) is 0 Å². The lowest BCUT2D eigenvalue weighted by atomic mass is 10.2. The van der Waals surface area contributed by atoms with Crippen LogP contribution in [0.5, 0.6) is 0 Å². The molecule has 2 rings (SSSR count). The predicted molar refractivity (Wildman–Crippen MR) is 69.3 cm³/mol. The van der Waals surface area contributed by atoms with Crippen molar-refractivity contribution in [1.82, 2.24) is 4.57 Å². The van der Waals surface area contributed by atoms with E-state index in [1.165, 1.54) is 0 Å². The maximum absolute atomic E-state index is 12.1. The van der Waals surface area contributed by atoms with Crippen molar-refractivity contribution in [2.24, 2.45) is 11.4 Å². The highest BCUT2D eigenvalue weighted by Crippen LogP contribution is 2.12. The van der Waals surface area contributed by atoms with Gasteiger partial charge in [0, 0.05) is 13.2 Å². The fourth-order valence-corrected chi connectivity index (χ4v) is 2.52. The van der Waals surface area contributed by atoms with Gasteiger partial charge in [0.2, 0.25) is 0 Å².